The average molecular weight is 368 g/mol. The minimum Gasteiger partial charge on any atom is -0.490 e. The minimum absolute atomic E-state index is 0.430. The molecule has 1 saturated heterocycles. The van der Waals surface area contributed by atoms with Gasteiger partial charge in [0.05, 0.1) is 13.2 Å². The summed E-state index contributed by atoms with van der Waals surface area (Å²) in [5.41, 5.74) is 2.74. The molecule has 1 aromatic carbocycles. The number of fused-ring (bicyclic) bond motifs is 1. The van der Waals surface area contributed by atoms with Crippen molar-refractivity contribution in [3.63, 3.8) is 0 Å². The Hall–Kier alpha value is -0.740. The van der Waals surface area contributed by atoms with Crippen LogP contribution in [0.25, 0.3) is 0 Å². The van der Waals surface area contributed by atoms with Gasteiger partial charge in [-0.2, -0.15) is 0 Å². The number of nitrogens with one attached hydrogen (secondary N) is 1. The van der Waals surface area contributed by atoms with Crippen molar-refractivity contribution in [2.45, 2.75) is 45.4 Å². The number of benzene rings is 1. The molecule has 2 aliphatic heterocycles. The lowest BCUT2D eigenvalue weighted by molar-refractivity contribution is 0.295. The zero-order valence-corrected chi connectivity index (χ0v) is 15.2. The minimum atomic E-state index is 0.430. The second-order valence-corrected chi connectivity index (χ2v) is 7.55. The van der Waals surface area contributed by atoms with Crippen LogP contribution >= 0.6 is 15.9 Å². The van der Waals surface area contributed by atoms with Crippen LogP contribution in [0.1, 0.15) is 50.2 Å². The van der Waals surface area contributed by atoms with Gasteiger partial charge in [0.2, 0.25) is 0 Å². The summed E-state index contributed by atoms with van der Waals surface area (Å²) in [5, 5.41) is 3.52. The third kappa shape index (κ3) is 3.43. The van der Waals surface area contributed by atoms with Crippen molar-refractivity contribution >= 4 is 15.9 Å². The van der Waals surface area contributed by atoms with E-state index in [0.29, 0.717) is 11.8 Å². The first-order valence-corrected chi connectivity index (χ1v) is 9.27. The predicted octanol–water partition coefficient (Wildman–Crippen LogP) is 4.28. The standard InChI is InChI=1S/C18H26BrNO2/c1-12(2)17-14(9-13-5-3-6-20-11-13)15(19)10-16-18(17)22-8-4-7-21-16/h10,12-13,20H,3-9,11H2,1-2H3. The van der Waals surface area contributed by atoms with E-state index >= 15 is 0 Å². The first-order valence-electron chi connectivity index (χ1n) is 8.48. The molecular formula is C18H26BrNO2. The van der Waals surface area contributed by atoms with Crippen LogP contribution in [0.2, 0.25) is 0 Å². The smallest absolute Gasteiger partial charge is 0.164 e. The summed E-state index contributed by atoms with van der Waals surface area (Å²) < 4.78 is 13.1. The van der Waals surface area contributed by atoms with Gasteiger partial charge in [-0.3, -0.25) is 0 Å². The van der Waals surface area contributed by atoms with E-state index in [-0.39, 0.29) is 0 Å². The first-order chi connectivity index (χ1) is 10.7. The van der Waals surface area contributed by atoms with E-state index in [1.165, 1.54) is 28.4 Å². The molecule has 2 aliphatic rings. The molecular weight excluding hydrogens is 342 g/mol. The fourth-order valence-corrected chi connectivity index (χ4v) is 4.13. The second-order valence-electron chi connectivity index (χ2n) is 6.70. The Morgan fingerprint density at radius 3 is 2.82 bits per heavy atom. The van der Waals surface area contributed by atoms with E-state index in [1.54, 1.807) is 0 Å². The molecule has 0 aliphatic carbocycles. The summed E-state index contributed by atoms with van der Waals surface area (Å²) in [6.45, 7) is 8.27. The molecule has 0 saturated carbocycles. The average Bonchev–Trinajstić information content (AvgIpc) is 2.73. The first kappa shape index (κ1) is 16.1. The van der Waals surface area contributed by atoms with Crippen molar-refractivity contribution in [1.29, 1.82) is 0 Å². The molecule has 1 atom stereocenters. The van der Waals surface area contributed by atoms with Crippen LogP contribution in [0.3, 0.4) is 0 Å². The van der Waals surface area contributed by atoms with Crippen molar-refractivity contribution in [3.05, 3.63) is 21.7 Å². The van der Waals surface area contributed by atoms with Crippen molar-refractivity contribution in [2.75, 3.05) is 26.3 Å². The largest absolute Gasteiger partial charge is 0.490 e. The van der Waals surface area contributed by atoms with E-state index in [1.807, 2.05) is 0 Å². The number of piperidine rings is 1. The number of hydrogen-bond donors (Lipinski definition) is 1. The highest BCUT2D eigenvalue weighted by atomic mass is 79.9. The van der Waals surface area contributed by atoms with E-state index in [2.05, 4.69) is 41.2 Å². The Balaban J connectivity index is 1.98. The number of halogens is 1. The van der Waals surface area contributed by atoms with Crippen molar-refractivity contribution in [2.24, 2.45) is 5.92 Å². The summed E-state index contributed by atoms with van der Waals surface area (Å²) in [4.78, 5) is 0. The van der Waals surface area contributed by atoms with Gasteiger partial charge < -0.3 is 14.8 Å². The van der Waals surface area contributed by atoms with Gasteiger partial charge in [0.25, 0.3) is 0 Å². The van der Waals surface area contributed by atoms with Gasteiger partial charge >= 0.3 is 0 Å². The van der Waals surface area contributed by atoms with Gasteiger partial charge in [0.15, 0.2) is 11.5 Å². The van der Waals surface area contributed by atoms with Crippen molar-refractivity contribution in [1.82, 2.24) is 5.32 Å². The molecule has 1 N–H and O–H groups in total. The lowest BCUT2D eigenvalue weighted by atomic mass is 9.86. The number of ether oxygens (including phenoxy) is 2. The summed E-state index contributed by atoms with van der Waals surface area (Å²) in [6.07, 6.45) is 4.65. The second kappa shape index (κ2) is 7.22. The molecule has 0 spiro atoms. The Morgan fingerprint density at radius 1 is 1.27 bits per heavy atom. The number of rotatable bonds is 3. The van der Waals surface area contributed by atoms with Gasteiger partial charge in [-0.1, -0.05) is 29.8 Å². The van der Waals surface area contributed by atoms with E-state index in [0.717, 1.165) is 50.6 Å². The molecule has 3 nitrogen and oxygen atoms in total. The van der Waals surface area contributed by atoms with E-state index in [4.69, 9.17) is 9.47 Å². The molecule has 1 unspecified atom stereocenters. The molecule has 1 aromatic rings. The summed E-state index contributed by atoms with van der Waals surface area (Å²) >= 11 is 3.79. The third-order valence-corrected chi connectivity index (χ3v) is 5.31. The highest BCUT2D eigenvalue weighted by Crippen LogP contribution is 2.44. The highest BCUT2D eigenvalue weighted by molar-refractivity contribution is 9.10. The van der Waals surface area contributed by atoms with Gasteiger partial charge in [-0.05, 0) is 55.8 Å². The molecule has 0 bridgehead atoms. The maximum Gasteiger partial charge on any atom is 0.164 e. The monoisotopic (exact) mass is 367 g/mol. The molecule has 122 valence electrons. The molecule has 4 heteroatoms. The fraction of sp³-hybridized carbons (Fsp3) is 0.667. The van der Waals surface area contributed by atoms with E-state index in [9.17, 15) is 0 Å². The van der Waals surface area contributed by atoms with Gasteiger partial charge in [0.1, 0.15) is 0 Å². The summed E-state index contributed by atoms with van der Waals surface area (Å²) in [5.74, 6) is 3.03. The van der Waals surface area contributed by atoms with Crippen LogP contribution in [-0.2, 0) is 6.42 Å². The predicted molar refractivity (Wildman–Crippen MR) is 93.1 cm³/mol. The SMILES string of the molecule is CC(C)c1c(CC2CCCNC2)c(Br)cc2c1OCCCO2. The van der Waals surface area contributed by atoms with E-state index < -0.39 is 0 Å². The quantitative estimate of drug-likeness (QED) is 0.864. The Kier molecular flexibility index (Phi) is 5.29. The maximum atomic E-state index is 6.06. The molecule has 2 heterocycles. The van der Waals surface area contributed by atoms with Gasteiger partial charge in [0, 0.05) is 16.5 Å². The van der Waals surface area contributed by atoms with Crippen LogP contribution in [0.4, 0.5) is 0 Å². The molecule has 3 rings (SSSR count). The summed E-state index contributed by atoms with van der Waals surface area (Å²) in [6, 6.07) is 2.11. The van der Waals surface area contributed by atoms with Crippen molar-refractivity contribution in [3.8, 4) is 11.5 Å². The highest BCUT2D eigenvalue weighted by Gasteiger charge is 2.25. The van der Waals surface area contributed by atoms with Crippen LogP contribution < -0.4 is 14.8 Å². The van der Waals surface area contributed by atoms with Gasteiger partial charge in [-0.15, -0.1) is 0 Å². The Bertz CT molecular complexity index is 524. The normalized spacial score (nSPS) is 21.7. The van der Waals surface area contributed by atoms with Crippen molar-refractivity contribution < 1.29 is 9.47 Å². The molecule has 1 fully saturated rings. The topological polar surface area (TPSA) is 30.5 Å². The maximum absolute atomic E-state index is 6.06. The summed E-state index contributed by atoms with van der Waals surface area (Å²) in [7, 11) is 0. The lowest BCUT2D eigenvalue weighted by Crippen LogP contribution is -2.31. The number of hydrogen-bond acceptors (Lipinski definition) is 3. The van der Waals surface area contributed by atoms with Crippen LogP contribution in [-0.4, -0.2) is 26.3 Å². The molecule has 0 radical (unpaired) electrons. The molecule has 0 amide bonds. The van der Waals surface area contributed by atoms with Crippen LogP contribution in [0.5, 0.6) is 11.5 Å². The lowest BCUT2D eigenvalue weighted by Gasteiger charge is -2.27. The zero-order chi connectivity index (χ0) is 15.5. The van der Waals surface area contributed by atoms with Gasteiger partial charge in [-0.25, -0.2) is 0 Å². The third-order valence-electron chi connectivity index (χ3n) is 4.60. The zero-order valence-electron chi connectivity index (χ0n) is 13.6. The molecule has 0 aromatic heterocycles. The Labute approximate surface area is 141 Å². The molecule has 22 heavy (non-hydrogen) atoms. The van der Waals surface area contributed by atoms with Crippen LogP contribution in [0, 0.1) is 5.92 Å². The fourth-order valence-electron chi connectivity index (χ4n) is 3.54. The Morgan fingerprint density at radius 2 is 2.09 bits per heavy atom. The van der Waals surface area contributed by atoms with Crippen LogP contribution in [0.15, 0.2) is 10.5 Å².